The third kappa shape index (κ3) is 3.40. The molecule has 2 saturated heterocycles. The second kappa shape index (κ2) is 6.83. The minimum Gasteiger partial charge on any atom is -0.441 e. The average Bonchev–Trinajstić information content (AvgIpc) is 3.30. The van der Waals surface area contributed by atoms with Crippen LogP contribution in [0.25, 0.3) is 11.5 Å². The number of rotatable bonds is 4. The standard InChI is InChI=1S/C19H26N2O3S/c1-13-16(20-18(24-13)14-5-9-25-12-14)10-21-7-3-4-17(21)15-11-23-8-6-19(15,2)22/h5,9,12,15,17,22H,3-4,6-8,10-11H2,1-2H3. The number of hydrogen-bond donors (Lipinski definition) is 1. The van der Waals surface area contributed by atoms with Gasteiger partial charge in [0.2, 0.25) is 5.89 Å². The van der Waals surface area contributed by atoms with E-state index in [1.54, 1.807) is 11.3 Å². The van der Waals surface area contributed by atoms with Gasteiger partial charge in [0.05, 0.1) is 17.9 Å². The molecule has 4 rings (SSSR count). The molecule has 0 aliphatic carbocycles. The normalized spacial score (nSPS) is 30.8. The fraction of sp³-hybridized carbons (Fsp3) is 0.632. The van der Waals surface area contributed by atoms with E-state index in [4.69, 9.17) is 14.1 Å². The maximum absolute atomic E-state index is 10.8. The summed E-state index contributed by atoms with van der Waals surface area (Å²) < 4.78 is 11.6. The topological polar surface area (TPSA) is 58.7 Å². The van der Waals surface area contributed by atoms with Crippen molar-refractivity contribution in [2.24, 2.45) is 5.92 Å². The van der Waals surface area contributed by atoms with Crippen molar-refractivity contribution in [3.8, 4) is 11.5 Å². The molecule has 0 amide bonds. The molecule has 2 aliphatic rings. The molecule has 4 heterocycles. The van der Waals surface area contributed by atoms with Crippen molar-refractivity contribution in [3.63, 3.8) is 0 Å². The van der Waals surface area contributed by atoms with Crippen LogP contribution in [0.1, 0.15) is 37.6 Å². The quantitative estimate of drug-likeness (QED) is 0.902. The molecule has 0 aromatic carbocycles. The third-order valence-electron chi connectivity index (χ3n) is 5.74. The molecule has 0 spiro atoms. The number of aryl methyl sites for hydroxylation is 1. The molecular formula is C19H26N2O3S. The van der Waals surface area contributed by atoms with Crippen LogP contribution in [-0.2, 0) is 11.3 Å². The molecular weight excluding hydrogens is 336 g/mol. The van der Waals surface area contributed by atoms with Gasteiger partial charge in [0.1, 0.15) is 5.76 Å². The lowest BCUT2D eigenvalue weighted by Crippen LogP contribution is -2.52. The minimum absolute atomic E-state index is 0.160. The van der Waals surface area contributed by atoms with Gasteiger partial charge in [-0.3, -0.25) is 4.90 Å². The number of thiophene rings is 1. The molecule has 6 heteroatoms. The molecule has 5 nitrogen and oxygen atoms in total. The van der Waals surface area contributed by atoms with Crippen molar-refractivity contribution in [1.82, 2.24) is 9.88 Å². The number of aromatic nitrogens is 1. The Morgan fingerprint density at radius 2 is 2.36 bits per heavy atom. The summed E-state index contributed by atoms with van der Waals surface area (Å²) in [5.41, 5.74) is 1.40. The molecule has 3 atom stereocenters. The Bertz CT molecular complexity index is 710. The summed E-state index contributed by atoms with van der Waals surface area (Å²) >= 11 is 1.65. The highest BCUT2D eigenvalue weighted by Crippen LogP contribution is 2.37. The zero-order chi connectivity index (χ0) is 17.4. The summed E-state index contributed by atoms with van der Waals surface area (Å²) in [7, 11) is 0. The van der Waals surface area contributed by atoms with E-state index in [0.29, 0.717) is 31.6 Å². The van der Waals surface area contributed by atoms with Gasteiger partial charge < -0.3 is 14.3 Å². The zero-order valence-corrected chi connectivity index (χ0v) is 15.7. The van der Waals surface area contributed by atoms with Crippen LogP contribution in [0, 0.1) is 12.8 Å². The molecule has 136 valence electrons. The van der Waals surface area contributed by atoms with E-state index in [1.165, 1.54) is 0 Å². The lowest BCUT2D eigenvalue weighted by atomic mass is 9.79. The lowest BCUT2D eigenvalue weighted by molar-refractivity contribution is -0.123. The fourth-order valence-corrected chi connectivity index (χ4v) is 4.79. The largest absolute Gasteiger partial charge is 0.441 e. The third-order valence-corrected chi connectivity index (χ3v) is 6.42. The van der Waals surface area contributed by atoms with Crippen molar-refractivity contribution in [2.45, 2.75) is 51.3 Å². The monoisotopic (exact) mass is 362 g/mol. The Kier molecular flexibility index (Phi) is 4.71. The lowest BCUT2D eigenvalue weighted by Gasteiger charge is -2.43. The van der Waals surface area contributed by atoms with Crippen molar-refractivity contribution in [3.05, 3.63) is 28.3 Å². The second-order valence-corrected chi connectivity index (χ2v) is 8.28. The molecule has 2 fully saturated rings. The van der Waals surface area contributed by atoms with Crippen LogP contribution in [0.3, 0.4) is 0 Å². The highest BCUT2D eigenvalue weighted by atomic mass is 32.1. The van der Waals surface area contributed by atoms with Crippen LogP contribution in [-0.4, -0.2) is 46.4 Å². The first-order chi connectivity index (χ1) is 12.0. The van der Waals surface area contributed by atoms with Crippen LogP contribution in [0.5, 0.6) is 0 Å². The molecule has 0 saturated carbocycles. The molecule has 2 aromatic rings. The molecule has 1 N–H and O–H groups in total. The van der Waals surface area contributed by atoms with Crippen LogP contribution >= 0.6 is 11.3 Å². The highest BCUT2D eigenvalue weighted by Gasteiger charge is 2.44. The Morgan fingerprint density at radius 3 is 3.12 bits per heavy atom. The first-order valence-corrected chi connectivity index (χ1v) is 10.0. The van der Waals surface area contributed by atoms with Gasteiger partial charge in [-0.05, 0) is 51.1 Å². The number of hydrogen-bond acceptors (Lipinski definition) is 6. The van der Waals surface area contributed by atoms with Gasteiger partial charge >= 0.3 is 0 Å². The first kappa shape index (κ1) is 17.2. The molecule has 25 heavy (non-hydrogen) atoms. The van der Waals surface area contributed by atoms with Crippen molar-refractivity contribution in [2.75, 3.05) is 19.8 Å². The number of ether oxygens (including phenoxy) is 1. The van der Waals surface area contributed by atoms with E-state index in [1.807, 2.05) is 25.3 Å². The molecule has 0 radical (unpaired) electrons. The van der Waals surface area contributed by atoms with Crippen LogP contribution in [0.4, 0.5) is 0 Å². The van der Waals surface area contributed by atoms with Crippen LogP contribution in [0.2, 0.25) is 0 Å². The summed E-state index contributed by atoms with van der Waals surface area (Å²) in [4.78, 5) is 7.19. The summed E-state index contributed by atoms with van der Waals surface area (Å²) in [5, 5.41) is 14.9. The van der Waals surface area contributed by atoms with Crippen molar-refractivity contribution < 1.29 is 14.3 Å². The Hall–Kier alpha value is -1.21. The van der Waals surface area contributed by atoms with E-state index in [0.717, 1.165) is 42.9 Å². The van der Waals surface area contributed by atoms with E-state index < -0.39 is 5.60 Å². The number of oxazole rings is 1. The maximum Gasteiger partial charge on any atom is 0.227 e. The molecule has 3 unspecified atom stereocenters. The first-order valence-electron chi connectivity index (χ1n) is 9.07. The number of nitrogens with zero attached hydrogens (tertiary/aromatic N) is 2. The zero-order valence-electron chi connectivity index (χ0n) is 14.9. The SMILES string of the molecule is Cc1oc(-c2ccsc2)nc1CN1CCCC1C1COCCC1(C)O. The van der Waals surface area contributed by atoms with Crippen LogP contribution in [0.15, 0.2) is 21.2 Å². The van der Waals surface area contributed by atoms with E-state index in [9.17, 15) is 5.11 Å². The van der Waals surface area contributed by atoms with Gasteiger partial charge in [-0.25, -0.2) is 4.98 Å². The van der Waals surface area contributed by atoms with E-state index in [-0.39, 0.29) is 5.92 Å². The second-order valence-electron chi connectivity index (χ2n) is 7.50. The summed E-state index contributed by atoms with van der Waals surface area (Å²) in [6, 6.07) is 2.38. The minimum atomic E-state index is -0.647. The molecule has 2 aliphatic heterocycles. The molecule has 2 aromatic heterocycles. The maximum atomic E-state index is 10.8. The predicted molar refractivity (Wildman–Crippen MR) is 97.5 cm³/mol. The summed E-state index contributed by atoms with van der Waals surface area (Å²) in [6.45, 7) is 7.07. The Labute approximate surface area is 152 Å². The van der Waals surface area contributed by atoms with Crippen molar-refractivity contribution in [1.29, 1.82) is 0 Å². The van der Waals surface area contributed by atoms with Gasteiger partial charge in [-0.1, -0.05) is 0 Å². The number of aliphatic hydroxyl groups is 1. The summed E-state index contributed by atoms with van der Waals surface area (Å²) in [6.07, 6.45) is 2.98. The predicted octanol–water partition coefficient (Wildman–Crippen LogP) is 3.46. The van der Waals surface area contributed by atoms with Crippen molar-refractivity contribution >= 4 is 11.3 Å². The Morgan fingerprint density at radius 1 is 1.48 bits per heavy atom. The number of likely N-dealkylation sites (tertiary alicyclic amines) is 1. The van der Waals surface area contributed by atoms with Gasteiger partial charge in [0.15, 0.2) is 0 Å². The fourth-order valence-electron chi connectivity index (χ4n) is 4.16. The van der Waals surface area contributed by atoms with Gasteiger partial charge in [-0.2, -0.15) is 11.3 Å². The van der Waals surface area contributed by atoms with Gasteiger partial charge in [-0.15, -0.1) is 0 Å². The highest BCUT2D eigenvalue weighted by molar-refractivity contribution is 7.08. The Balaban J connectivity index is 1.52. The van der Waals surface area contributed by atoms with Gasteiger partial charge in [0.25, 0.3) is 0 Å². The van der Waals surface area contributed by atoms with Crippen LogP contribution < -0.4 is 0 Å². The van der Waals surface area contributed by atoms with Gasteiger partial charge in [0, 0.05) is 36.1 Å². The van der Waals surface area contributed by atoms with E-state index in [2.05, 4.69) is 10.3 Å². The van der Waals surface area contributed by atoms with E-state index >= 15 is 0 Å². The average molecular weight is 362 g/mol. The molecule has 0 bridgehead atoms. The summed E-state index contributed by atoms with van der Waals surface area (Å²) in [5.74, 6) is 1.75. The smallest absolute Gasteiger partial charge is 0.227 e.